The molecule has 0 saturated carbocycles. The number of amides is 1. The molecule has 1 aliphatic rings. The number of hydrogen-bond acceptors (Lipinski definition) is 10. The fraction of sp³-hybridized carbons (Fsp3) is 0.979. The van der Waals surface area contributed by atoms with E-state index in [4.69, 9.17) is 9.47 Å². The zero-order valence-corrected chi connectivity index (χ0v) is 38.4. The van der Waals surface area contributed by atoms with Gasteiger partial charge in [-0.1, -0.05) is 181 Å². The first-order valence-corrected chi connectivity index (χ1v) is 25.0. The van der Waals surface area contributed by atoms with E-state index in [1.807, 2.05) is 0 Å². The number of rotatable bonds is 42. The lowest BCUT2D eigenvalue weighted by molar-refractivity contribution is -0.303. The Morgan fingerprint density at radius 3 is 1.42 bits per heavy atom. The Morgan fingerprint density at radius 2 is 0.983 bits per heavy atom. The molecule has 1 saturated heterocycles. The Hall–Kier alpha value is -0.890. The molecular formula is C48H96N2O9. The van der Waals surface area contributed by atoms with Crippen molar-refractivity contribution >= 4 is 5.91 Å². The summed E-state index contributed by atoms with van der Waals surface area (Å²) in [5, 5.41) is 65.4. The SMILES string of the molecule is CCCCCCCCCCCCCC[C@@H](O)[C@@H](O)[C@H](CO[C@H]1O[C@H](CO)[C@H](O)[C@H](O)[C@H]1O)NC(=O)CCCCCCCCCN(CCCCCCC)CCCCCCC. The van der Waals surface area contributed by atoms with Crippen LogP contribution >= 0.6 is 0 Å². The van der Waals surface area contributed by atoms with Gasteiger partial charge in [0.1, 0.15) is 30.5 Å². The highest BCUT2D eigenvalue weighted by Crippen LogP contribution is 2.23. The molecule has 11 nitrogen and oxygen atoms in total. The molecule has 1 heterocycles. The third-order valence-electron chi connectivity index (χ3n) is 12.3. The van der Waals surface area contributed by atoms with E-state index in [0.717, 1.165) is 44.9 Å². The van der Waals surface area contributed by atoms with Crippen LogP contribution in [0.25, 0.3) is 0 Å². The lowest BCUT2D eigenvalue weighted by Crippen LogP contribution is -2.60. The minimum Gasteiger partial charge on any atom is -0.394 e. The van der Waals surface area contributed by atoms with Crippen molar-refractivity contribution < 1.29 is 44.9 Å². The number of carbonyl (C=O) groups excluding carboxylic acids is 1. The van der Waals surface area contributed by atoms with Crippen LogP contribution < -0.4 is 5.32 Å². The average Bonchev–Trinajstić information content (AvgIpc) is 3.23. The molecule has 1 aliphatic heterocycles. The Morgan fingerprint density at radius 1 is 0.576 bits per heavy atom. The molecular weight excluding hydrogens is 749 g/mol. The summed E-state index contributed by atoms with van der Waals surface area (Å²) < 4.78 is 11.2. The van der Waals surface area contributed by atoms with Gasteiger partial charge < -0.3 is 50.3 Å². The average molecular weight is 845 g/mol. The van der Waals surface area contributed by atoms with Gasteiger partial charge in [-0.05, 0) is 51.7 Å². The van der Waals surface area contributed by atoms with Gasteiger partial charge in [0.25, 0.3) is 0 Å². The zero-order chi connectivity index (χ0) is 43.4. The third kappa shape index (κ3) is 28.4. The van der Waals surface area contributed by atoms with Crippen molar-refractivity contribution in [1.82, 2.24) is 10.2 Å². The summed E-state index contributed by atoms with van der Waals surface area (Å²) in [4.78, 5) is 15.8. The highest BCUT2D eigenvalue weighted by molar-refractivity contribution is 5.76. The number of nitrogens with one attached hydrogen (secondary N) is 1. The highest BCUT2D eigenvalue weighted by Gasteiger charge is 2.44. The molecule has 8 atom stereocenters. The Balaban J connectivity index is 2.49. The molecule has 0 spiro atoms. The first-order chi connectivity index (χ1) is 28.7. The fourth-order valence-electron chi connectivity index (χ4n) is 8.26. The quantitative estimate of drug-likeness (QED) is 0.0296. The van der Waals surface area contributed by atoms with Crippen LogP contribution in [0.1, 0.15) is 220 Å². The summed E-state index contributed by atoms with van der Waals surface area (Å²) in [6.45, 7) is 9.54. The van der Waals surface area contributed by atoms with Gasteiger partial charge in [-0.2, -0.15) is 0 Å². The normalized spacial score (nSPS) is 21.2. The van der Waals surface area contributed by atoms with Crippen molar-refractivity contribution in [3.8, 4) is 0 Å². The van der Waals surface area contributed by atoms with E-state index >= 15 is 0 Å². The summed E-state index contributed by atoms with van der Waals surface area (Å²) in [6, 6.07) is -0.991. The van der Waals surface area contributed by atoms with E-state index < -0.39 is 55.6 Å². The molecule has 352 valence electrons. The Kier molecular flexibility index (Phi) is 36.9. The topological polar surface area (TPSA) is 172 Å². The van der Waals surface area contributed by atoms with Crippen molar-refractivity contribution in [1.29, 1.82) is 0 Å². The van der Waals surface area contributed by atoms with Gasteiger partial charge in [0.2, 0.25) is 5.91 Å². The lowest BCUT2D eigenvalue weighted by atomic mass is 9.98. The number of aliphatic hydroxyl groups excluding tert-OH is 6. The van der Waals surface area contributed by atoms with Crippen molar-refractivity contribution in [3.05, 3.63) is 0 Å². The van der Waals surface area contributed by atoms with Crippen molar-refractivity contribution in [3.63, 3.8) is 0 Å². The van der Waals surface area contributed by atoms with Crippen LogP contribution in [0.4, 0.5) is 0 Å². The predicted octanol–water partition coefficient (Wildman–Crippen LogP) is 8.46. The van der Waals surface area contributed by atoms with Gasteiger partial charge in [-0.25, -0.2) is 0 Å². The van der Waals surface area contributed by atoms with Gasteiger partial charge in [0, 0.05) is 6.42 Å². The van der Waals surface area contributed by atoms with Crippen LogP contribution in [0.5, 0.6) is 0 Å². The molecule has 0 aromatic heterocycles. The number of unbranched alkanes of at least 4 members (excludes halogenated alkanes) is 25. The monoisotopic (exact) mass is 845 g/mol. The van der Waals surface area contributed by atoms with E-state index in [-0.39, 0.29) is 18.9 Å². The van der Waals surface area contributed by atoms with Crippen molar-refractivity contribution in [2.75, 3.05) is 32.8 Å². The summed E-state index contributed by atoms with van der Waals surface area (Å²) in [6.07, 6.45) is 26.1. The van der Waals surface area contributed by atoms with Crippen LogP contribution in [0, 0.1) is 0 Å². The van der Waals surface area contributed by atoms with Gasteiger partial charge in [-0.15, -0.1) is 0 Å². The van der Waals surface area contributed by atoms with Crippen LogP contribution in [0.2, 0.25) is 0 Å². The minimum atomic E-state index is -1.61. The maximum atomic E-state index is 13.1. The maximum absolute atomic E-state index is 13.1. The summed E-state index contributed by atoms with van der Waals surface area (Å²) >= 11 is 0. The van der Waals surface area contributed by atoms with Crippen LogP contribution in [-0.4, -0.2) is 123 Å². The molecule has 59 heavy (non-hydrogen) atoms. The lowest BCUT2D eigenvalue weighted by Gasteiger charge is -2.40. The number of aliphatic hydroxyl groups is 6. The van der Waals surface area contributed by atoms with Crippen LogP contribution in [-0.2, 0) is 14.3 Å². The first-order valence-electron chi connectivity index (χ1n) is 25.0. The smallest absolute Gasteiger partial charge is 0.220 e. The number of hydrogen-bond donors (Lipinski definition) is 7. The molecule has 0 aromatic rings. The minimum absolute atomic E-state index is 0.256. The molecule has 0 bridgehead atoms. The Bertz CT molecular complexity index is 917. The van der Waals surface area contributed by atoms with Crippen LogP contribution in [0.15, 0.2) is 0 Å². The molecule has 1 amide bonds. The molecule has 7 N–H and O–H groups in total. The largest absolute Gasteiger partial charge is 0.394 e. The standard InChI is InChI=1S/C48H96N2O9/c1-4-7-10-13-14-15-16-17-18-20-23-28-33-41(52)44(54)40(39-58-48-47(57)46(56)45(55)42(38-51)59-48)49-43(53)34-29-24-21-19-22-27-32-37-50(35-30-25-11-8-5-2)36-31-26-12-9-6-3/h40-42,44-48,51-52,54-57H,4-39H2,1-3H3,(H,49,53)/t40-,41+,42+,44-,45-,46-,47+,48-/m0/s1. The molecule has 11 heteroatoms. The highest BCUT2D eigenvalue weighted by atomic mass is 16.7. The number of carbonyl (C=O) groups is 1. The Labute approximate surface area is 361 Å². The summed E-state index contributed by atoms with van der Waals surface area (Å²) in [5.41, 5.74) is 0. The molecule has 0 aliphatic carbocycles. The second-order valence-corrected chi connectivity index (χ2v) is 17.8. The molecule has 1 rings (SSSR count). The van der Waals surface area contributed by atoms with Gasteiger partial charge in [0.05, 0.1) is 25.4 Å². The van der Waals surface area contributed by atoms with E-state index in [2.05, 4.69) is 31.0 Å². The second kappa shape index (κ2) is 38.8. The molecule has 0 unspecified atom stereocenters. The van der Waals surface area contributed by atoms with Crippen molar-refractivity contribution in [2.45, 2.75) is 269 Å². The molecule has 0 radical (unpaired) electrons. The maximum Gasteiger partial charge on any atom is 0.220 e. The van der Waals surface area contributed by atoms with E-state index in [9.17, 15) is 35.4 Å². The second-order valence-electron chi connectivity index (χ2n) is 17.8. The summed E-state index contributed by atoms with van der Waals surface area (Å²) in [7, 11) is 0. The fourth-order valence-corrected chi connectivity index (χ4v) is 8.26. The zero-order valence-electron chi connectivity index (χ0n) is 38.4. The van der Waals surface area contributed by atoms with Gasteiger partial charge >= 0.3 is 0 Å². The molecule has 0 aromatic carbocycles. The summed E-state index contributed by atoms with van der Waals surface area (Å²) in [5.74, 6) is -0.256. The number of nitrogens with zero attached hydrogens (tertiary/aromatic N) is 1. The van der Waals surface area contributed by atoms with Crippen molar-refractivity contribution in [2.24, 2.45) is 0 Å². The van der Waals surface area contributed by atoms with Crippen LogP contribution in [0.3, 0.4) is 0 Å². The van der Waals surface area contributed by atoms with Gasteiger partial charge in [-0.3, -0.25) is 4.79 Å². The molecule has 1 fully saturated rings. The predicted molar refractivity (Wildman–Crippen MR) is 240 cm³/mol. The van der Waals surface area contributed by atoms with E-state index in [1.54, 1.807) is 0 Å². The van der Waals surface area contributed by atoms with E-state index in [0.29, 0.717) is 12.8 Å². The third-order valence-corrected chi connectivity index (χ3v) is 12.3. The van der Waals surface area contributed by atoms with E-state index in [1.165, 1.54) is 154 Å². The first kappa shape index (κ1) is 56.1. The number of ether oxygens (including phenoxy) is 2. The van der Waals surface area contributed by atoms with Gasteiger partial charge in [0.15, 0.2) is 6.29 Å².